The number of hydrogen-bond acceptors (Lipinski definition) is 1. The summed E-state index contributed by atoms with van der Waals surface area (Å²) in [6, 6.07) is 5.08. The van der Waals surface area contributed by atoms with Gasteiger partial charge in [-0.3, -0.25) is 0 Å². The molecule has 0 aliphatic carbocycles. The van der Waals surface area contributed by atoms with Crippen LogP contribution in [0.2, 0.25) is 0 Å². The Hall–Kier alpha value is -0.220. The molecule has 2 aromatic rings. The first-order chi connectivity index (χ1) is 7.24. The van der Waals surface area contributed by atoms with E-state index in [9.17, 15) is 4.39 Å². The maximum Gasteiger partial charge on any atom is 0.134 e. The Bertz CT molecular complexity index is 456. The van der Waals surface area contributed by atoms with Gasteiger partial charge in [0.1, 0.15) is 5.82 Å². The molecular weight excluding hydrogens is 325 g/mol. The average Bonchev–Trinajstić information content (AvgIpc) is 2.60. The molecule has 0 radical (unpaired) electrons. The van der Waals surface area contributed by atoms with Crippen molar-refractivity contribution in [2.24, 2.45) is 0 Å². The van der Waals surface area contributed by atoms with Gasteiger partial charge < -0.3 is 0 Å². The predicted molar refractivity (Wildman–Crippen MR) is 73.5 cm³/mol. The number of benzene rings is 1. The van der Waals surface area contributed by atoms with E-state index in [1.165, 1.54) is 6.07 Å². The monoisotopic (exact) mass is 338 g/mol. The second kappa shape index (κ2) is 5.75. The van der Waals surface area contributed by atoms with Gasteiger partial charge in [0, 0.05) is 0 Å². The van der Waals surface area contributed by atoms with Crippen molar-refractivity contribution in [2.75, 3.05) is 0 Å². The average molecular weight is 338 g/mol. The number of nitrogens with zero attached hydrogens (tertiary/aromatic N) is 2. The van der Waals surface area contributed by atoms with Crippen LogP contribution in [-0.4, -0.2) is 9.55 Å². The molecule has 1 aromatic heterocycles. The van der Waals surface area contributed by atoms with Crippen LogP contribution in [-0.2, 0) is 0 Å². The van der Waals surface area contributed by atoms with Crippen LogP contribution in [0.25, 0.3) is 10.9 Å². The highest BCUT2D eigenvalue weighted by atomic mass is 127. The van der Waals surface area contributed by atoms with Gasteiger partial charge in [0.2, 0.25) is 0 Å². The summed E-state index contributed by atoms with van der Waals surface area (Å²) in [5, 5.41) is 4.90. The van der Waals surface area contributed by atoms with Crippen molar-refractivity contribution in [2.45, 2.75) is 20.8 Å². The van der Waals surface area contributed by atoms with Gasteiger partial charge in [0.05, 0.1) is 23.0 Å². The van der Waals surface area contributed by atoms with Gasteiger partial charge in [-0.05, 0) is 41.1 Å². The van der Waals surface area contributed by atoms with E-state index in [4.69, 9.17) is 0 Å². The summed E-state index contributed by atoms with van der Waals surface area (Å²) in [7, 11) is 0. The zero-order chi connectivity index (χ0) is 11.4. The molecule has 0 spiro atoms. The van der Waals surface area contributed by atoms with E-state index in [1.807, 2.05) is 31.3 Å². The third-order valence-electron chi connectivity index (χ3n) is 1.91. The normalized spacial score (nSPS) is 10.7. The van der Waals surface area contributed by atoms with Crippen molar-refractivity contribution in [3.05, 3.63) is 29.7 Å². The van der Waals surface area contributed by atoms with E-state index in [2.05, 4.69) is 27.1 Å². The van der Waals surface area contributed by atoms with Crippen molar-refractivity contribution >= 4 is 39.3 Å². The molecule has 82 valence electrons. The lowest BCUT2D eigenvalue weighted by Gasteiger charge is -1.95. The molecule has 0 fully saturated rings. The zero-order valence-corrected chi connectivity index (χ0v) is 12.0. The highest BCUT2D eigenvalue weighted by molar-refractivity contribution is 14.2. The molecule has 5 heteroatoms. The third-order valence-corrected chi connectivity index (χ3v) is 3.78. The Kier molecular flexibility index (Phi) is 4.93. The molecule has 2 rings (SSSR count). The molecule has 2 nitrogen and oxygen atoms in total. The van der Waals surface area contributed by atoms with Crippen molar-refractivity contribution in [1.29, 1.82) is 0 Å². The number of fused-ring (bicyclic) bond motifs is 1. The van der Waals surface area contributed by atoms with E-state index >= 15 is 0 Å². The summed E-state index contributed by atoms with van der Waals surface area (Å²) in [6.45, 7) is 5.83. The molecule has 1 atom stereocenters. The van der Waals surface area contributed by atoms with Crippen LogP contribution in [0, 0.1) is 12.7 Å². The number of aryl methyl sites for hydroxylation is 1. The van der Waals surface area contributed by atoms with Gasteiger partial charge in [-0.15, -0.1) is 0 Å². The highest BCUT2D eigenvalue weighted by Crippen LogP contribution is 2.30. The third kappa shape index (κ3) is 2.48. The Morgan fingerprint density at radius 2 is 2.07 bits per heavy atom. The van der Waals surface area contributed by atoms with E-state index < -0.39 is 0 Å². The molecular formula is C10H13FIN2P. The lowest BCUT2D eigenvalue weighted by molar-refractivity contribution is 0.639. The number of aromatic nitrogens is 2. The van der Waals surface area contributed by atoms with Crippen LogP contribution < -0.4 is 0 Å². The number of hydrogen-bond donors (Lipinski definition) is 0. The maximum absolute atomic E-state index is 13.3. The molecule has 0 saturated carbocycles. The Balaban J connectivity index is 0.000000531. The highest BCUT2D eigenvalue weighted by Gasteiger charge is 2.09. The summed E-state index contributed by atoms with van der Waals surface area (Å²) < 4.78 is 15.2. The van der Waals surface area contributed by atoms with E-state index in [0.29, 0.717) is 11.8 Å². The van der Waals surface area contributed by atoms with Crippen LogP contribution in [0.4, 0.5) is 4.39 Å². The number of rotatable bonds is 1. The van der Waals surface area contributed by atoms with Crippen molar-refractivity contribution in [3.63, 3.8) is 0 Å². The molecule has 1 heterocycles. The molecule has 0 aliphatic heterocycles. The fourth-order valence-corrected chi connectivity index (χ4v) is 2.93. The largest absolute Gasteiger partial charge is 0.237 e. The quantitative estimate of drug-likeness (QED) is 0.560. The van der Waals surface area contributed by atoms with E-state index in [0.717, 1.165) is 11.2 Å². The van der Waals surface area contributed by atoms with E-state index in [-0.39, 0.29) is 5.82 Å². The minimum atomic E-state index is -0.184. The second-order valence-electron chi connectivity index (χ2n) is 2.72. The standard InChI is InChI=1S/C8H7FIN2P.C2H6/c1-5-8-6(9)3-2-4-7(8)12(11-5)13-10;1-2/h2-4,13H,1H3;1-2H3. The van der Waals surface area contributed by atoms with Crippen LogP contribution in [0.5, 0.6) is 0 Å². The van der Waals surface area contributed by atoms with Gasteiger partial charge in [0.25, 0.3) is 0 Å². The summed E-state index contributed by atoms with van der Waals surface area (Å²) >= 11 is 2.23. The minimum absolute atomic E-state index is 0.184. The smallest absolute Gasteiger partial charge is 0.134 e. The van der Waals surface area contributed by atoms with E-state index in [1.54, 1.807) is 6.07 Å². The predicted octanol–water partition coefficient (Wildman–Crippen LogP) is 4.30. The second-order valence-corrected chi connectivity index (χ2v) is 4.76. The molecule has 0 N–H and O–H groups in total. The van der Waals surface area contributed by atoms with Gasteiger partial charge in [-0.25, -0.2) is 8.84 Å². The molecule has 1 unspecified atom stereocenters. The zero-order valence-electron chi connectivity index (χ0n) is 8.88. The number of halogens is 2. The molecule has 15 heavy (non-hydrogen) atoms. The summed E-state index contributed by atoms with van der Waals surface area (Å²) in [4.78, 5) is 0. The SMILES string of the molecule is CC.Cc1nn(PI)c2cccc(F)c12. The molecule has 0 bridgehead atoms. The molecule has 0 aliphatic rings. The first-order valence-electron chi connectivity index (χ1n) is 4.74. The molecule has 1 aromatic carbocycles. The van der Waals surface area contributed by atoms with Crippen molar-refractivity contribution < 1.29 is 4.39 Å². The summed E-state index contributed by atoms with van der Waals surface area (Å²) in [6.07, 6.45) is 0.510. The van der Waals surface area contributed by atoms with Gasteiger partial charge in [-0.2, -0.15) is 5.10 Å². The Labute approximate surface area is 104 Å². The molecule has 0 amide bonds. The van der Waals surface area contributed by atoms with Crippen LogP contribution in [0.3, 0.4) is 0 Å². The lowest BCUT2D eigenvalue weighted by atomic mass is 10.2. The Morgan fingerprint density at radius 1 is 1.40 bits per heavy atom. The van der Waals surface area contributed by atoms with Crippen LogP contribution in [0.1, 0.15) is 19.5 Å². The van der Waals surface area contributed by atoms with Crippen molar-refractivity contribution in [1.82, 2.24) is 9.55 Å². The summed E-state index contributed by atoms with van der Waals surface area (Å²) in [5.74, 6) is -0.184. The van der Waals surface area contributed by atoms with Gasteiger partial charge in [-0.1, -0.05) is 19.9 Å². The first-order valence-corrected chi connectivity index (χ1v) is 8.80. The molecule has 0 saturated heterocycles. The van der Waals surface area contributed by atoms with Crippen LogP contribution in [0.15, 0.2) is 18.2 Å². The maximum atomic E-state index is 13.3. The fourth-order valence-electron chi connectivity index (χ4n) is 1.37. The topological polar surface area (TPSA) is 17.8 Å². The summed E-state index contributed by atoms with van der Waals surface area (Å²) in [5.41, 5.74) is 1.64. The van der Waals surface area contributed by atoms with Gasteiger partial charge in [0.15, 0.2) is 0 Å². The van der Waals surface area contributed by atoms with Gasteiger partial charge >= 0.3 is 0 Å². The van der Waals surface area contributed by atoms with Crippen molar-refractivity contribution in [3.8, 4) is 0 Å². The first kappa shape index (κ1) is 12.8. The fraction of sp³-hybridized carbons (Fsp3) is 0.300. The Morgan fingerprint density at radius 3 is 2.67 bits per heavy atom. The minimum Gasteiger partial charge on any atom is -0.237 e. The lowest BCUT2D eigenvalue weighted by Crippen LogP contribution is -1.82. The van der Waals surface area contributed by atoms with Crippen LogP contribution >= 0.6 is 28.4 Å².